The average Bonchev–Trinajstić information content (AvgIpc) is 3.65. The minimum Gasteiger partial charge on any atom is -0.489 e. The van der Waals surface area contributed by atoms with Crippen LogP contribution in [0.15, 0.2) is 48.5 Å². The van der Waals surface area contributed by atoms with Crippen LogP contribution in [-0.4, -0.2) is 44.0 Å². The summed E-state index contributed by atoms with van der Waals surface area (Å²) in [5.74, 6) is 5.33. The summed E-state index contributed by atoms with van der Waals surface area (Å²) in [5.41, 5.74) is 2.45. The molecule has 32 heavy (non-hydrogen) atoms. The average molecular weight is 431 g/mol. The molecule has 2 aromatic rings. The van der Waals surface area contributed by atoms with Gasteiger partial charge in [0.25, 0.3) is 5.91 Å². The van der Waals surface area contributed by atoms with Crippen molar-refractivity contribution in [1.82, 2.24) is 10.6 Å². The summed E-state index contributed by atoms with van der Waals surface area (Å²) in [6, 6.07) is 14.1. The van der Waals surface area contributed by atoms with E-state index >= 15 is 0 Å². The molecule has 1 aliphatic heterocycles. The molecular weight excluding hydrogens is 406 g/mol. The fraction of sp³-hybridized carbons (Fsp3) is 0.320. The van der Waals surface area contributed by atoms with Crippen molar-refractivity contribution in [3.63, 3.8) is 0 Å². The van der Waals surface area contributed by atoms with Crippen molar-refractivity contribution >= 4 is 23.4 Å². The second-order valence-corrected chi connectivity index (χ2v) is 7.95. The zero-order chi connectivity index (χ0) is 22.5. The minimum absolute atomic E-state index is 0.0632. The number of hydrogen-bond donors (Lipinski definition) is 2. The molecule has 0 spiro atoms. The molecular formula is C25H25N3O4. The van der Waals surface area contributed by atoms with Gasteiger partial charge in [0, 0.05) is 25.1 Å². The van der Waals surface area contributed by atoms with E-state index in [1.54, 1.807) is 13.1 Å². The summed E-state index contributed by atoms with van der Waals surface area (Å²) < 4.78 is 5.76. The van der Waals surface area contributed by atoms with Crippen molar-refractivity contribution in [2.24, 2.45) is 5.92 Å². The van der Waals surface area contributed by atoms with Crippen LogP contribution in [0.2, 0.25) is 0 Å². The number of likely N-dealkylation sites (N-methyl/N-ethyl adjacent to an activating group) is 1. The van der Waals surface area contributed by atoms with Gasteiger partial charge in [-0.2, -0.15) is 0 Å². The number of nitrogens with one attached hydrogen (secondary N) is 2. The lowest BCUT2D eigenvalue weighted by Gasteiger charge is -2.20. The second-order valence-electron chi connectivity index (χ2n) is 7.95. The van der Waals surface area contributed by atoms with E-state index in [1.165, 1.54) is 4.90 Å². The van der Waals surface area contributed by atoms with E-state index in [9.17, 15) is 14.4 Å². The fourth-order valence-corrected chi connectivity index (χ4v) is 3.36. The lowest BCUT2D eigenvalue weighted by atomic mass is 10.1. The van der Waals surface area contributed by atoms with E-state index in [2.05, 4.69) is 22.5 Å². The van der Waals surface area contributed by atoms with Gasteiger partial charge in [-0.05, 0) is 43.0 Å². The first kappa shape index (κ1) is 21.4. The maximum atomic E-state index is 12.9. The van der Waals surface area contributed by atoms with Gasteiger partial charge in [-0.25, -0.2) is 0 Å². The molecule has 0 aromatic heterocycles. The molecule has 1 atom stereocenters. The third-order valence-electron chi connectivity index (χ3n) is 5.41. The molecule has 1 fully saturated rings. The normalized spacial score (nSPS) is 17.2. The van der Waals surface area contributed by atoms with Crippen molar-refractivity contribution in [2.75, 3.05) is 25.1 Å². The zero-order valence-electron chi connectivity index (χ0n) is 17.9. The summed E-state index contributed by atoms with van der Waals surface area (Å²) in [6.45, 7) is 0.258. The summed E-state index contributed by atoms with van der Waals surface area (Å²) in [7, 11) is 1.62. The molecule has 2 aliphatic rings. The fourth-order valence-electron chi connectivity index (χ4n) is 3.36. The lowest BCUT2D eigenvalue weighted by Crippen LogP contribution is -2.53. The number of hydrogen-bond acceptors (Lipinski definition) is 4. The summed E-state index contributed by atoms with van der Waals surface area (Å²) >= 11 is 0. The Labute approximate surface area is 187 Å². The van der Waals surface area contributed by atoms with Crippen LogP contribution in [0, 0.1) is 17.8 Å². The van der Waals surface area contributed by atoms with Crippen molar-refractivity contribution in [1.29, 1.82) is 0 Å². The first-order valence-electron chi connectivity index (χ1n) is 10.7. The number of anilines is 1. The molecule has 0 unspecified atom stereocenters. The summed E-state index contributed by atoms with van der Waals surface area (Å²) in [4.78, 5) is 38.9. The largest absolute Gasteiger partial charge is 0.489 e. The molecule has 164 valence electrons. The van der Waals surface area contributed by atoms with Gasteiger partial charge >= 0.3 is 11.8 Å². The highest BCUT2D eigenvalue weighted by molar-refractivity contribution is 6.35. The number of benzene rings is 2. The van der Waals surface area contributed by atoms with Crippen LogP contribution >= 0.6 is 0 Å². The maximum absolute atomic E-state index is 12.9. The SMILES string of the molecule is CN1C(=O)[C@@H](NC(=O)C(=O)NCCc2ccccc2)COc2ccc(C#CC3CC3)cc21. The molecule has 0 bridgehead atoms. The number of nitrogens with zero attached hydrogens (tertiary/aromatic N) is 1. The topological polar surface area (TPSA) is 87.7 Å². The Balaban J connectivity index is 1.35. The van der Waals surface area contributed by atoms with Crippen LogP contribution in [0.1, 0.15) is 24.0 Å². The number of fused-ring (bicyclic) bond motifs is 1. The van der Waals surface area contributed by atoms with Gasteiger partial charge in [0.2, 0.25) is 0 Å². The van der Waals surface area contributed by atoms with Crippen molar-refractivity contribution < 1.29 is 19.1 Å². The standard InChI is InChI=1S/C25H25N3O4/c1-28-21-15-19(10-9-18-7-8-18)11-12-22(21)32-16-20(25(28)31)27-24(30)23(29)26-14-13-17-5-3-2-4-6-17/h2-6,11-12,15,18,20H,7-8,13-14,16H2,1H3,(H,26,29)(H,27,30)/t20-/m0/s1. The Bertz CT molecular complexity index is 1080. The maximum Gasteiger partial charge on any atom is 0.310 e. The zero-order valence-corrected chi connectivity index (χ0v) is 17.9. The van der Waals surface area contributed by atoms with Crippen molar-refractivity contribution in [3.8, 4) is 17.6 Å². The Morgan fingerprint density at radius 3 is 2.66 bits per heavy atom. The summed E-state index contributed by atoms with van der Waals surface area (Å²) in [6.07, 6.45) is 2.89. The third kappa shape index (κ3) is 5.27. The highest BCUT2D eigenvalue weighted by atomic mass is 16.5. The molecule has 1 heterocycles. The van der Waals surface area contributed by atoms with Gasteiger partial charge in [0.15, 0.2) is 0 Å². The predicted octanol–water partition coefficient (Wildman–Crippen LogP) is 1.65. The molecule has 7 heteroatoms. The van der Waals surface area contributed by atoms with Gasteiger partial charge in [-0.15, -0.1) is 0 Å². The molecule has 0 radical (unpaired) electrons. The first-order chi connectivity index (χ1) is 15.5. The van der Waals surface area contributed by atoms with Gasteiger partial charge < -0.3 is 20.3 Å². The van der Waals surface area contributed by atoms with Crippen LogP contribution in [-0.2, 0) is 20.8 Å². The molecule has 0 saturated heterocycles. The molecule has 1 saturated carbocycles. The second kappa shape index (κ2) is 9.56. The van der Waals surface area contributed by atoms with Crippen LogP contribution in [0.25, 0.3) is 0 Å². The predicted molar refractivity (Wildman–Crippen MR) is 120 cm³/mol. The highest BCUT2D eigenvalue weighted by Crippen LogP contribution is 2.32. The number of amides is 3. The number of carbonyl (C=O) groups excluding carboxylic acids is 3. The van der Waals surface area contributed by atoms with Crippen LogP contribution in [0.3, 0.4) is 0 Å². The van der Waals surface area contributed by atoms with Crippen LogP contribution < -0.4 is 20.3 Å². The third-order valence-corrected chi connectivity index (χ3v) is 5.41. The Morgan fingerprint density at radius 2 is 1.91 bits per heavy atom. The first-order valence-corrected chi connectivity index (χ1v) is 10.7. The molecule has 7 nitrogen and oxygen atoms in total. The van der Waals surface area contributed by atoms with Crippen molar-refractivity contribution in [3.05, 3.63) is 59.7 Å². The number of carbonyl (C=O) groups is 3. The van der Waals surface area contributed by atoms with E-state index in [1.807, 2.05) is 42.5 Å². The lowest BCUT2D eigenvalue weighted by molar-refractivity contribution is -0.140. The number of rotatable bonds is 4. The molecule has 1 aliphatic carbocycles. The molecule has 2 aromatic carbocycles. The van der Waals surface area contributed by atoms with Gasteiger partial charge in [-0.1, -0.05) is 42.2 Å². The van der Waals surface area contributed by atoms with E-state index in [-0.39, 0.29) is 12.5 Å². The van der Waals surface area contributed by atoms with Gasteiger partial charge in [-0.3, -0.25) is 14.4 Å². The molecule has 4 rings (SSSR count). The number of ether oxygens (including phenoxy) is 1. The van der Waals surface area contributed by atoms with Gasteiger partial charge in [0.1, 0.15) is 18.4 Å². The van der Waals surface area contributed by atoms with Gasteiger partial charge in [0.05, 0.1) is 5.69 Å². The van der Waals surface area contributed by atoms with E-state index in [0.29, 0.717) is 30.3 Å². The summed E-state index contributed by atoms with van der Waals surface area (Å²) in [5, 5.41) is 5.07. The minimum atomic E-state index is -0.972. The van der Waals surface area contributed by atoms with E-state index in [4.69, 9.17) is 4.74 Å². The smallest absolute Gasteiger partial charge is 0.310 e. The van der Waals surface area contributed by atoms with Crippen LogP contribution in [0.5, 0.6) is 5.75 Å². The highest BCUT2D eigenvalue weighted by Gasteiger charge is 2.32. The van der Waals surface area contributed by atoms with E-state index in [0.717, 1.165) is 24.0 Å². The molecule has 2 N–H and O–H groups in total. The Kier molecular flexibility index (Phi) is 6.41. The monoisotopic (exact) mass is 431 g/mol. The van der Waals surface area contributed by atoms with Crippen LogP contribution in [0.4, 0.5) is 5.69 Å². The quantitative estimate of drug-likeness (QED) is 0.569. The van der Waals surface area contributed by atoms with E-state index < -0.39 is 17.9 Å². The van der Waals surface area contributed by atoms with Crippen molar-refractivity contribution in [2.45, 2.75) is 25.3 Å². The Morgan fingerprint density at radius 1 is 1.12 bits per heavy atom. The molecule has 3 amide bonds. The Hall–Kier alpha value is -3.79.